The van der Waals surface area contributed by atoms with E-state index in [4.69, 9.17) is 9.47 Å². The van der Waals surface area contributed by atoms with E-state index < -0.39 is 6.10 Å². The summed E-state index contributed by atoms with van der Waals surface area (Å²) in [6, 6.07) is 11.1. The molecular formula is C43H52N4O5. The summed E-state index contributed by atoms with van der Waals surface area (Å²) in [5.74, 6) is 1.40. The number of ether oxygens (including phenoxy) is 2. The van der Waals surface area contributed by atoms with Crippen LogP contribution < -0.4 is 15.4 Å². The lowest BCUT2D eigenvalue weighted by Gasteiger charge is -2.34. The molecule has 0 amide bonds. The van der Waals surface area contributed by atoms with Crippen molar-refractivity contribution >= 4 is 28.2 Å². The maximum atomic E-state index is 14.0. The molecule has 1 saturated carbocycles. The van der Waals surface area contributed by atoms with Crippen LogP contribution in [-0.4, -0.2) is 46.2 Å². The SMILES string of the molecule is CCC1CCC(OC(C)=O)CC(=O)CC(c2ccc(O)c(OC)c2)n2cc3cccc(c3c2)NC2=CC(=CCN2)C2(CCCC2)Cc2c[nH]cc2C1. The molecule has 1 fully saturated rings. The zero-order valence-electron chi connectivity index (χ0n) is 30.7. The van der Waals surface area contributed by atoms with E-state index in [-0.39, 0.29) is 41.8 Å². The summed E-state index contributed by atoms with van der Waals surface area (Å²) >= 11 is 0. The Morgan fingerprint density at radius 2 is 1.87 bits per heavy atom. The van der Waals surface area contributed by atoms with Crippen LogP contribution in [0.4, 0.5) is 5.69 Å². The molecule has 274 valence electrons. The fraction of sp³-hybridized carbons (Fsp3) is 0.442. The highest BCUT2D eigenvalue weighted by Gasteiger charge is 2.38. The Labute approximate surface area is 306 Å². The molecule has 52 heavy (non-hydrogen) atoms. The molecule has 3 atom stereocenters. The molecule has 4 bridgehead atoms. The first-order valence-electron chi connectivity index (χ1n) is 19.0. The average Bonchev–Trinajstić information content (AvgIpc) is 3.90. The number of benzene rings is 2. The number of hydrogen-bond donors (Lipinski definition) is 4. The molecule has 2 aromatic heterocycles. The molecule has 3 aliphatic rings. The number of dihydropyridines is 1. The number of ketones is 1. The fourth-order valence-corrected chi connectivity index (χ4v) is 8.84. The summed E-state index contributed by atoms with van der Waals surface area (Å²) in [4.78, 5) is 29.7. The van der Waals surface area contributed by atoms with E-state index in [1.165, 1.54) is 56.4 Å². The van der Waals surface area contributed by atoms with E-state index in [9.17, 15) is 14.7 Å². The van der Waals surface area contributed by atoms with Crippen molar-refractivity contribution in [2.75, 3.05) is 19.0 Å². The van der Waals surface area contributed by atoms with E-state index in [0.717, 1.165) is 60.1 Å². The molecule has 0 saturated heterocycles. The number of carbonyl (C=O) groups is 2. The monoisotopic (exact) mass is 704 g/mol. The predicted molar refractivity (Wildman–Crippen MR) is 204 cm³/mol. The van der Waals surface area contributed by atoms with Gasteiger partial charge in [0.2, 0.25) is 0 Å². The van der Waals surface area contributed by atoms with E-state index in [2.05, 4.69) is 82.2 Å². The van der Waals surface area contributed by atoms with Crippen molar-refractivity contribution in [1.29, 1.82) is 0 Å². The third-order valence-electron chi connectivity index (χ3n) is 11.7. The number of anilines is 1. The lowest BCUT2D eigenvalue weighted by atomic mass is 9.72. The minimum Gasteiger partial charge on any atom is -0.504 e. The molecule has 4 aromatic rings. The molecule has 4 heterocycles. The number of nitrogens with one attached hydrogen (secondary N) is 3. The maximum Gasteiger partial charge on any atom is 0.302 e. The number of H-pyrrole nitrogens is 1. The summed E-state index contributed by atoms with van der Waals surface area (Å²) in [5, 5.41) is 19.8. The van der Waals surface area contributed by atoms with Crippen LogP contribution in [0.5, 0.6) is 11.5 Å². The summed E-state index contributed by atoms with van der Waals surface area (Å²) in [7, 11) is 1.52. The Hall–Kier alpha value is -4.92. The van der Waals surface area contributed by atoms with Gasteiger partial charge in [0.1, 0.15) is 17.7 Å². The predicted octanol–water partition coefficient (Wildman–Crippen LogP) is 8.50. The molecule has 4 N–H and O–H groups in total. The van der Waals surface area contributed by atoms with Crippen molar-refractivity contribution in [1.82, 2.24) is 14.9 Å². The quantitative estimate of drug-likeness (QED) is 0.157. The Morgan fingerprint density at radius 3 is 2.65 bits per heavy atom. The number of esters is 1. The number of aromatic amines is 1. The number of phenols is 1. The largest absolute Gasteiger partial charge is 0.504 e. The highest BCUT2D eigenvalue weighted by molar-refractivity contribution is 5.94. The van der Waals surface area contributed by atoms with Crippen LogP contribution in [-0.2, 0) is 27.2 Å². The number of aromatic nitrogens is 2. The normalized spacial score (nSPS) is 22.4. The van der Waals surface area contributed by atoms with Gasteiger partial charge in [0, 0.05) is 67.6 Å². The summed E-state index contributed by atoms with van der Waals surface area (Å²) < 4.78 is 13.4. The molecule has 7 rings (SSSR count). The van der Waals surface area contributed by atoms with Crippen LogP contribution in [0.25, 0.3) is 10.8 Å². The lowest BCUT2D eigenvalue weighted by Crippen LogP contribution is -2.30. The highest BCUT2D eigenvalue weighted by Crippen LogP contribution is 2.48. The zero-order chi connectivity index (χ0) is 36.2. The number of fused-ring (bicyclic) bond motifs is 4. The van der Waals surface area contributed by atoms with Crippen molar-refractivity contribution < 1.29 is 24.2 Å². The van der Waals surface area contributed by atoms with Crippen LogP contribution in [0.1, 0.15) is 94.4 Å². The topological polar surface area (TPSA) is 118 Å². The maximum absolute atomic E-state index is 14.0. The molecule has 2 aromatic carbocycles. The second-order valence-electron chi connectivity index (χ2n) is 15.1. The number of hydrogen-bond acceptors (Lipinski definition) is 7. The number of nitrogens with zero attached hydrogens (tertiary/aromatic N) is 1. The molecule has 1 spiro atoms. The minimum absolute atomic E-state index is 0.00370. The number of phenolic OH excluding ortho intramolecular Hbond substituents is 1. The van der Waals surface area contributed by atoms with Crippen molar-refractivity contribution in [2.24, 2.45) is 11.3 Å². The van der Waals surface area contributed by atoms with Crippen LogP contribution in [0.15, 0.2) is 84.7 Å². The smallest absolute Gasteiger partial charge is 0.302 e. The van der Waals surface area contributed by atoms with Crippen LogP contribution in [0.3, 0.4) is 0 Å². The number of rotatable bonds is 4. The summed E-state index contributed by atoms with van der Waals surface area (Å²) in [6.45, 7) is 4.41. The van der Waals surface area contributed by atoms with Gasteiger partial charge in [0.25, 0.3) is 0 Å². The second-order valence-corrected chi connectivity index (χ2v) is 15.1. The molecule has 3 unspecified atom stereocenters. The van der Waals surface area contributed by atoms with Gasteiger partial charge in [-0.3, -0.25) is 9.59 Å². The van der Waals surface area contributed by atoms with E-state index in [1.54, 1.807) is 12.1 Å². The van der Waals surface area contributed by atoms with Crippen LogP contribution in [0.2, 0.25) is 0 Å². The van der Waals surface area contributed by atoms with Crippen molar-refractivity contribution in [3.8, 4) is 11.5 Å². The first-order valence-corrected chi connectivity index (χ1v) is 19.0. The molecule has 9 heteroatoms. The van der Waals surface area contributed by atoms with Gasteiger partial charge in [-0.05, 0) is 96.4 Å². The van der Waals surface area contributed by atoms with Gasteiger partial charge >= 0.3 is 5.97 Å². The Bertz CT molecular complexity index is 1980. The highest BCUT2D eigenvalue weighted by atomic mass is 16.5. The van der Waals surface area contributed by atoms with Crippen LogP contribution in [0, 0.1) is 11.3 Å². The third-order valence-corrected chi connectivity index (χ3v) is 11.7. The molecular weight excluding hydrogens is 652 g/mol. The summed E-state index contributed by atoms with van der Waals surface area (Å²) in [5.41, 5.74) is 6.06. The van der Waals surface area contributed by atoms with Gasteiger partial charge in [-0.2, -0.15) is 0 Å². The van der Waals surface area contributed by atoms with Crippen molar-refractivity contribution in [3.05, 3.63) is 101 Å². The second kappa shape index (κ2) is 15.4. The first kappa shape index (κ1) is 35.5. The minimum atomic E-state index is -0.499. The molecule has 1 aliphatic carbocycles. The van der Waals surface area contributed by atoms with Crippen LogP contribution >= 0.6 is 0 Å². The number of Topliss-reactive ketones (excluding diaryl/α,β-unsaturated/α-hetero) is 1. The Kier molecular flexibility index (Phi) is 10.5. The third kappa shape index (κ3) is 7.64. The fourth-order valence-electron chi connectivity index (χ4n) is 8.84. The van der Waals surface area contributed by atoms with Gasteiger partial charge in [0.05, 0.1) is 13.2 Å². The van der Waals surface area contributed by atoms with Gasteiger partial charge in [0.15, 0.2) is 11.5 Å². The van der Waals surface area contributed by atoms with Crippen molar-refractivity contribution in [3.63, 3.8) is 0 Å². The van der Waals surface area contributed by atoms with Crippen molar-refractivity contribution in [2.45, 2.75) is 96.6 Å². The number of allylic oxidation sites excluding steroid dienone is 2. The standard InChI is InChI=1S/C43H52N4O5/c1-4-29-10-12-36(52-28(2)48)21-35(49)22-39(30-11-13-40(50)41(19-30)51-3)47-26-31-8-7-9-38(37(31)27-47)46-42-20-34(14-17-45-42)43(15-5-6-16-43)23-33-25-44-24-32(33)18-29/h7-9,11,13-14,19-20,24-27,29,36,39,44-46,50H,4-6,10,12,15-18,21-23H2,1-3H3. The molecule has 0 radical (unpaired) electrons. The summed E-state index contributed by atoms with van der Waals surface area (Å²) in [6.07, 6.45) is 22.3. The van der Waals surface area contributed by atoms with E-state index >= 15 is 0 Å². The Morgan fingerprint density at radius 1 is 1.04 bits per heavy atom. The van der Waals surface area contributed by atoms with E-state index in [1.807, 2.05) is 6.07 Å². The lowest BCUT2D eigenvalue weighted by molar-refractivity contribution is -0.148. The van der Waals surface area contributed by atoms with Gasteiger partial charge < -0.3 is 34.8 Å². The Balaban J connectivity index is 1.31. The first-order chi connectivity index (χ1) is 25.2. The average molecular weight is 705 g/mol. The van der Waals surface area contributed by atoms with E-state index in [0.29, 0.717) is 18.1 Å². The zero-order valence-corrected chi connectivity index (χ0v) is 30.7. The number of carbonyl (C=O) groups excluding carboxylic acids is 2. The van der Waals surface area contributed by atoms with Gasteiger partial charge in [-0.25, -0.2) is 0 Å². The molecule has 9 nitrogen and oxygen atoms in total. The van der Waals surface area contributed by atoms with Gasteiger partial charge in [-0.1, -0.05) is 50.5 Å². The number of methoxy groups -OCH3 is 1. The molecule has 2 aliphatic heterocycles. The van der Waals surface area contributed by atoms with Gasteiger partial charge in [-0.15, -0.1) is 0 Å². The number of aromatic hydroxyl groups is 1.